The van der Waals surface area contributed by atoms with Crippen molar-refractivity contribution in [3.8, 4) is 0 Å². The van der Waals surface area contributed by atoms with Gasteiger partial charge in [-0.2, -0.15) is 0 Å². The Kier molecular flexibility index (Phi) is 6.51. The summed E-state index contributed by atoms with van der Waals surface area (Å²) in [6.45, 7) is 3.83. The molecule has 5 heteroatoms. The van der Waals surface area contributed by atoms with Gasteiger partial charge < -0.3 is 20.2 Å². The van der Waals surface area contributed by atoms with E-state index in [0.29, 0.717) is 12.5 Å². The second-order valence-electron chi connectivity index (χ2n) is 4.90. The Morgan fingerprint density at radius 3 is 2.68 bits per heavy atom. The molecule has 5 nitrogen and oxygen atoms in total. The van der Waals surface area contributed by atoms with Crippen molar-refractivity contribution < 1.29 is 9.52 Å². The van der Waals surface area contributed by atoms with Crippen molar-refractivity contribution in [1.29, 1.82) is 0 Å². The van der Waals surface area contributed by atoms with Crippen LogP contribution in [0.25, 0.3) is 0 Å². The average molecular weight is 301 g/mol. The lowest BCUT2D eigenvalue weighted by Gasteiger charge is -2.13. The van der Waals surface area contributed by atoms with Gasteiger partial charge in [-0.1, -0.05) is 30.3 Å². The number of nitrogens with zero attached hydrogens (tertiary/aromatic N) is 1. The molecule has 1 heterocycles. The highest BCUT2D eigenvalue weighted by Gasteiger charge is 2.06. The molecule has 1 atom stereocenters. The number of furan rings is 1. The van der Waals surface area contributed by atoms with Crippen LogP contribution < -0.4 is 10.6 Å². The highest BCUT2D eigenvalue weighted by atomic mass is 16.3. The zero-order valence-corrected chi connectivity index (χ0v) is 12.8. The van der Waals surface area contributed by atoms with Gasteiger partial charge in [0.05, 0.1) is 18.9 Å². The third kappa shape index (κ3) is 5.26. The topological polar surface area (TPSA) is 69.8 Å². The van der Waals surface area contributed by atoms with Crippen molar-refractivity contribution in [2.24, 2.45) is 4.99 Å². The molecular weight excluding hydrogens is 278 g/mol. The number of hydrogen-bond acceptors (Lipinski definition) is 3. The molecule has 118 valence electrons. The first-order valence-electron chi connectivity index (χ1n) is 7.57. The Morgan fingerprint density at radius 2 is 2.00 bits per heavy atom. The van der Waals surface area contributed by atoms with Crippen molar-refractivity contribution in [2.75, 3.05) is 19.6 Å². The predicted molar refractivity (Wildman–Crippen MR) is 87.8 cm³/mol. The molecule has 0 aliphatic heterocycles. The largest absolute Gasteiger partial charge is 0.469 e. The fourth-order valence-corrected chi connectivity index (χ4v) is 2.06. The van der Waals surface area contributed by atoms with Gasteiger partial charge in [-0.25, -0.2) is 0 Å². The normalized spacial score (nSPS) is 12.9. The molecule has 0 fully saturated rings. The maximum atomic E-state index is 10.1. The van der Waals surface area contributed by atoms with Gasteiger partial charge >= 0.3 is 0 Å². The molecule has 2 aromatic rings. The Bertz CT molecular complexity index is 553. The number of guanidine groups is 1. The summed E-state index contributed by atoms with van der Waals surface area (Å²) in [7, 11) is 0. The van der Waals surface area contributed by atoms with Gasteiger partial charge in [0.2, 0.25) is 0 Å². The van der Waals surface area contributed by atoms with E-state index in [0.717, 1.165) is 30.8 Å². The van der Waals surface area contributed by atoms with E-state index >= 15 is 0 Å². The Balaban J connectivity index is 1.83. The van der Waals surface area contributed by atoms with Gasteiger partial charge in [0.15, 0.2) is 5.96 Å². The van der Waals surface area contributed by atoms with E-state index in [9.17, 15) is 5.11 Å². The number of aliphatic hydroxyl groups is 1. The lowest BCUT2D eigenvalue weighted by molar-refractivity contribution is 0.187. The van der Waals surface area contributed by atoms with Gasteiger partial charge in [0, 0.05) is 19.5 Å². The van der Waals surface area contributed by atoms with E-state index in [1.165, 1.54) is 0 Å². The number of hydrogen-bond donors (Lipinski definition) is 3. The van der Waals surface area contributed by atoms with Crippen molar-refractivity contribution in [2.45, 2.75) is 19.4 Å². The molecule has 0 saturated carbocycles. The summed E-state index contributed by atoms with van der Waals surface area (Å²) in [5, 5.41) is 16.5. The highest BCUT2D eigenvalue weighted by Crippen LogP contribution is 2.11. The molecule has 0 aliphatic rings. The summed E-state index contributed by atoms with van der Waals surface area (Å²) in [5.74, 6) is 1.64. The van der Waals surface area contributed by atoms with E-state index in [1.54, 1.807) is 6.26 Å². The van der Waals surface area contributed by atoms with Gasteiger partial charge in [-0.15, -0.1) is 0 Å². The summed E-state index contributed by atoms with van der Waals surface area (Å²) in [6, 6.07) is 13.4. The van der Waals surface area contributed by atoms with Crippen LogP contribution in [0.1, 0.15) is 24.4 Å². The molecule has 0 radical (unpaired) electrons. The fourth-order valence-electron chi connectivity index (χ4n) is 2.06. The Morgan fingerprint density at radius 1 is 1.18 bits per heavy atom. The first-order chi connectivity index (χ1) is 10.8. The summed E-state index contributed by atoms with van der Waals surface area (Å²) in [4.78, 5) is 4.42. The van der Waals surface area contributed by atoms with E-state index in [1.807, 2.05) is 49.4 Å². The minimum absolute atomic E-state index is 0.320. The fraction of sp³-hybridized carbons (Fsp3) is 0.353. The zero-order valence-electron chi connectivity index (χ0n) is 12.8. The van der Waals surface area contributed by atoms with Crippen LogP contribution in [0, 0.1) is 0 Å². The number of aliphatic imine (C=N–C) groups is 1. The van der Waals surface area contributed by atoms with Gasteiger partial charge in [0.1, 0.15) is 5.76 Å². The third-order valence-corrected chi connectivity index (χ3v) is 3.19. The van der Waals surface area contributed by atoms with Crippen molar-refractivity contribution in [3.05, 3.63) is 60.1 Å². The number of nitrogens with one attached hydrogen (secondary N) is 2. The molecule has 1 unspecified atom stereocenters. The van der Waals surface area contributed by atoms with Crippen LogP contribution in [0.15, 0.2) is 58.1 Å². The van der Waals surface area contributed by atoms with Crippen LogP contribution >= 0.6 is 0 Å². The molecule has 0 bridgehead atoms. The van der Waals surface area contributed by atoms with Crippen LogP contribution in [0.3, 0.4) is 0 Å². The van der Waals surface area contributed by atoms with E-state index in [2.05, 4.69) is 15.6 Å². The molecule has 0 saturated heterocycles. The van der Waals surface area contributed by atoms with Gasteiger partial charge in [-0.05, 0) is 24.6 Å². The number of aliphatic hydroxyl groups excluding tert-OH is 1. The van der Waals surface area contributed by atoms with Crippen molar-refractivity contribution >= 4 is 5.96 Å². The molecule has 1 aromatic heterocycles. The van der Waals surface area contributed by atoms with Crippen LogP contribution in [-0.2, 0) is 6.42 Å². The second kappa shape index (κ2) is 8.89. The molecule has 0 spiro atoms. The highest BCUT2D eigenvalue weighted by molar-refractivity contribution is 5.79. The molecule has 0 aliphatic carbocycles. The van der Waals surface area contributed by atoms with Gasteiger partial charge in [-0.3, -0.25) is 4.99 Å². The number of benzene rings is 1. The molecule has 22 heavy (non-hydrogen) atoms. The first kappa shape index (κ1) is 16.1. The third-order valence-electron chi connectivity index (χ3n) is 3.19. The molecule has 3 N–H and O–H groups in total. The lowest BCUT2D eigenvalue weighted by atomic mass is 10.1. The van der Waals surface area contributed by atoms with Crippen LogP contribution in [0.2, 0.25) is 0 Å². The first-order valence-corrected chi connectivity index (χ1v) is 7.57. The van der Waals surface area contributed by atoms with Crippen molar-refractivity contribution in [3.63, 3.8) is 0 Å². The van der Waals surface area contributed by atoms with Crippen LogP contribution in [0.4, 0.5) is 0 Å². The minimum Gasteiger partial charge on any atom is -0.469 e. The average Bonchev–Trinajstić information content (AvgIpc) is 3.06. The number of rotatable bonds is 7. The summed E-state index contributed by atoms with van der Waals surface area (Å²) in [5.41, 5.74) is 0.873. The summed E-state index contributed by atoms with van der Waals surface area (Å²) in [6.07, 6.45) is 1.87. The van der Waals surface area contributed by atoms with E-state index in [-0.39, 0.29) is 0 Å². The lowest BCUT2D eigenvalue weighted by Crippen LogP contribution is -2.38. The summed E-state index contributed by atoms with van der Waals surface area (Å²) < 4.78 is 5.29. The zero-order chi connectivity index (χ0) is 15.6. The maximum absolute atomic E-state index is 10.1. The van der Waals surface area contributed by atoms with Crippen LogP contribution in [-0.4, -0.2) is 30.7 Å². The smallest absolute Gasteiger partial charge is 0.191 e. The quantitative estimate of drug-likeness (QED) is 0.541. The van der Waals surface area contributed by atoms with E-state index < -0.39 is 6.10 Å². The molecule has 0 amide bonds. The van der Waals surface area contributed by atoms with E-state index in [4.69, 9.17) is 4.42 Å². The molecule has 1 aromatic carbocycles. The van der Waals surface area contributed by atoms with Gasteiger partial charge in [0.25, 0.3) is 0 Å². The van der Waals surface area contributed by atoms with Crippen LogP contribution in [0.5, 0.6) is 0 Å². The summed E-state index contributed by atoms with van der Waals surface area (Å²) >= 11 is 0. The minimum atomic E-state index is -0.596. The Labute approximate surface area is 131 Å². The van der Waals surface area contributed by atoms with Crippen molar-refractivity contribution in [1.82, 2.24) is 10.6 Å². The maximum Gasteiger partial charge on any atom is 0.191 e. The Hall–Kier alpha value is -2.27. The monoisotopic (exact) mass is 301 g/mol. The second-order valence-corrected chi connectivity index (χ2v) is 4.90. The predicted octanol–water partition coefficient (Wildman–Crippen LogP) is 2.11. The SMILES string of the molecule is CCNC(=NCC(O)c1ccccc1)NCCc1ccco1. The molecule has 2 rings (SSSR count). The molecular formula is C17H23N3O2. The standard InChI is InChI=1S/C17H23N3O2/c1-2-18-17(19-11-10-15-9-6-12-22-15)20-13-16(21)14-7-4-3-5-8-14/h3-9,12,16,21H,2,10-11,13H2,1H3,(H2,18,19,20).